The van der Waals surface area contributed by atoms with Crippen molar-refractivity contribution >= 4 is 34.5 Å². The van der Waals surface area contributed by atoms with Crippen LogP contribution in [0.3, 0.4) is 0 Å². The smallest absolute Gasteiger partial charge is 0.335 e. The van der Waals surface area contributed by atoms with Crippen LogP contribution in [-0.2, 0) is 9.53 Å². The van der Waals surface area contributed by atoms with Crippen LogP contribution in [0.2, 0.25) is 0 Å². The molecule has 1 aromatic heterocycles. The maximum Gasteiger partial charge on any atom is 0.335 e. The largest absolute Gasteiger partial charge is 0.463 e. The van der Waals surface area contributed by atoms with Crippen molar-refractivity contribution in [2.75, 3.05) is 18.1 Å². The Morgan fingerprint density at radius 1 is 1.12 bits per heavy atom. The Morgan fingerprint density at radius 2 is 1.88 bits per heavy atom. The molecule has 0 fully saturated rings. The lowest BCUT2D eigenvalue weighted by atomic mass is 10.0. The molecule has 2 heterocycles. The van der Waals surface area contributed by atoms with E-state index in [-0.39, 0.29) is 5.97 Å². The summed E-state index contributed by atoms with van der Waals surface area (Å²) in [5.41, 5.74) is 3.50. The fourth-order valence-electron chi connectivity index (χ4n) is 3.09. The molecule has 0 saturated heterocycles. The zero-order valence-electron chi connectivity index (χ0n) is 14.0. The second-order valence-electron chi connectivity index (χ2n) is 5.91. The van der Waals surface area contributed by atoms with E-state index in [2.05, 4.69) is 11.0 Å². The van der Waals surface area contributed by atoms with E-state index >= 15 is 0 Å². The molecule has 2 aromatic carbocycles. The minimum Gasteiger partial charge on any atom is -0.463 e. The Morgan fingerprint density at radius 3 is 2.68 bits per heavy atom. The van der Waals surface area contributed by atoms with E-state index < -0.39 is 0 Å². The molecule has 124 valence electrons. The number of carbonyl (C=O) groups excluding carboxylic acids is 1. The van der Waals surface area contributed by atoms with Crippen LogP contribution >= 0.6 is 0 Å². The molecule has 0 atom stereocenters. The van der Waals surface area contributed by atoms with Crippen molar-refractivity contribution in [3.05, 3.63) is 71.8 Å². The lowest BCUT2D eigenvalue weighted by Crippen LogP contribution is -2.28. The lowest BCUT2D eigenvalue weighted by Gasteiger charge is -2.30. The number of pyridine rings is 1. The van der Waals surface area contributed by atoms with Crippen LogP contribution in [0, 0.1) is 0 Å². The number of hydrogen-bond donors (Lipinski definition) is 0. The number of rotatable bonds is 3. The predicted molar refractivity (Wildman–Crippen MR) is 99.8 cm³/mol. The van der Waals surface area contributed by atoms with E-state index in [9.17, 15) is 4.79 Å². The summed E-state index contributed by atoms with van der Waals surface area (Å²) in [6.07, 6.45) is 1.90. The van der Waals surface area contributed by atoms with Crippen LogP contribution in [0.4, 0.5) is 11.5 Å². The first-order valence-electron chi connectivity index (χ1n) is 8.36. The van der Waals surface area contributed by atoms with Crippen molar-refractivity contribution in [1.29, 1.82) is 0 Å². The second-order valence-corrected chi connectivity index (χ2v) is 5.91. The number of nitrogens with zero attached hydrogens (tertiary/aromatic N) is 2. The van der Waals surface area contributed by atoms with Gasteiger partial charge in [0.25, 0.3) is 0 Å². The van der Waals surface area contributed by atoms with Gasteiger partial charge >= 0.3 is 5.97 Å². The third-order valence-electron chi connectivity index (χ3n) is 4.25. The first-order valence-corrected chi connectivity index (χ1v) is 8.36. The summed E-state index contributed by atoms with van der Waals surface area (Å²) in [6.45, 7) is 2.63. The molecule has 4 nitrogen and oxygen atoms in total. The van der Waals surface area contributed by atoms with Gasteiger partial charge in [0.2, 0.25) is 0 Å². The summed E-state index contributed by atoms with van der Waals surface area (Å²) >= 11 is 0. The van der Waals surface area contributed by atoms with Crippen LogP contribution in [0.15, 0.2) is 66.2 Å². The van der Waals surface area contributed by atoms with Gasteiger partial charge in [0.1, 0.15) is 5.82 Å². The summed E-state index contributed by atoms with van der Waals surface area (Å²) in [5.74, 6) is 0.584. The van der Waals surface area contributed by atoms with Crippen LogP contribution in [-0.4, -0.2) is 24.1 Å². The predicted octanol–water partition coefficient (Wildman–Crippen LogP) is 4.33. The van der Waals surface area contributed by atoms with Crippen LogP contribution in [0.25, 0.3) is 17.0 Å². The monoisotopic (exact) mass is 330 g/mol. The Labute approximate surface area is 146 Å². The van der Waals surface area contributed by atoms with E-state index in [0.717, 1.165) is 28.0 Å². The van der Waals surface area contributed by atoms with Crippen LogP contribution in [0.5, 0.6) is 0 Å². The molecule has 0 unspecified atom stereocenters. The minimum atomic E-state index is -0.276. The average molecular weight is 330 g/mol. The molecule has 4 rings (SSSR count). The highest BCUT2D eigenvalue weighted by Crippen LogP contribution is 2.35. The topological polar surface area (TPSA) is 42.4 Å². The first kappa shape index (κ1) is 15.4. The molecule has 25 heavy (non-hydrogen) atoms. The number of para-hydroxylation sites is 2. The molecule has 4 heteroatoms. The number of esters is 1. The quantitative estimate of drug-likeness (QED) is 0.670. The van der Waals surface area contributed by atoms with Crippen molar-refractivity contribution in [1.82, 2.24) is 4.98 Å². The minimum absolute atomic E-state index is 0.276. The van der Waals surface area contributed by atoms with Gasteiger partial charge in [-0.1, -0.05) is 36.4 Å². The maximum atomic E-state index is 12.3. The Balaban J connectivity index is 1.89. The fraction of sp³-hybridized carbons (Fsp3) is 0.143. The molecule has 0 N–H and O–H groups in total. The summed E-state index contributed by atoms with van der Waals surface area (Å²) in [6, 6.07) is 20.1. The summed E-state index contributed by atoms with van der Waals surface area (Å²) < 4.78 is 5.21. The molecule has 0 aliphatic carbocycles. The summed E-state index contributed by atoms with van der Waals surface area (Å²) in [7, 11) is 0. The number of hydrogen-bond acceptors (Lipinski definition) is 4. The lowest BCUT2D eigenvalue weighted by molar-refractivity contribution is -0.138. The van der Waals surface area contributed by atoms with E-state index in [1.165, 1.54) is 0 Å². The van der Waals surface area contributed by atoms with Crippen molar-refractivity contribution in [2.45, 2.75) is 6.92 Å². The highest BCUT2D eigenvalue weighted by Gasteiger charge is 2.25. The van der Waals surface area contributed by atoms with Gasteiger partial charge < -0.3 is 9.64 Å². The second kappa shape index (κ2) is 6.40. The zero-order chi connectivity index (χ0) is 17.2. The highest BCUT2D eigenvalue weighted by atomic mass is 16.5. The molecule has 1 aliphatic rings. The molecule has 0 spiro atoms. The van der Waals surface area contributed by atoms with Gasteiger partial charge in [-0.15, -0.1) is 0 Å². The highest BCUT2D eigenvalue weighted by molar-refractivity contribution is 5.99. The Hall–Kier alpha value is -3.14. The van der Waals surface area contributed by atoms with Gasteiger partial charge in [0.05, 0.1) is 24.2 Å². The molecular weight excluding hydrogens is 312 g/mol. The average Bonchev–Trinajstić information content (AvgIpc) is 2.66. The molecule has 3 aromatic rings. The van der Waals surface area contributed by atoms with E-state index in [4.69, 9.17) is 9.72 Å². The third kappa shape index (κ3) is 2.87. The van der Waals surface area contributed by atoms with Crippen molar-refractivity contribution < 1.29 is 9.53 Å². The van der Waals surface area contributed by atoms with Gasteiger partial charge in [0.15, 0.2) is 0 Å². The Bertz CT molecular complexity index is 964. The number of carbonyl (C=O) groups is 1. The van der Waals surface area contributed by atoms with Crippen molar-refractivity contribution in [2.24, 2.45) is 0 Å². The molecule has 0 saturated carbocycles. The molecule has 1 aliphatic heterocycles. The standard InChI is InChI=1S/C21H18N2O2/c1-2-25-21(24)17-13-16-12-15-8-6-7-11-19(15)22-20(16)23(14-17)18-9-4-3-5-10-18/h3-13H,2,14H2,1H3. The van der Waals surface area contributed by atoms with Gasteiger partial charge in [-0.3, -0.25) is 0 Å². The maximum absolute atomic E-state index is 12.3. The molecule has 0 bridgehead atoms. The SMILES string of the molecule is CCOC(=O)C1=Cc2cc3ccccc3nc2N(c2ccccc2)C1. The van der Waals surface area contributed by atoms with Gasteiger partial charge in [-0.2, -0.15) is 0 Å². The molecule has 0 radical (unpaired) electrons. The van der Waals surface area contributed by atoms with Crippen molar-refractivity contribution in [3.8, 4) is 0 Å². The van der Waals surface area contributed by atoms with Crippen LogP contribution < -0.4 is 4.90 Å². The summed E-state index contributed by atoms with van der Waals surface area (Å²) in [5, 5.41) is 1.05. The van der Waals surface area contributed by atoms with Crippen LogP contribution in [0.1, 0.15) is 12.5 Å². The van der Waals surface area contributed by atoms with Crippen molar-refractivity contribution in [3.63, 3.8) is 0 Å². The number of fused-ring (bicyclic) bond motifs is 2. The van der Waals surface area contributed by atoms with E-state index in [1.807, 2.05) is 67.6 Å². The van der Waals surface area contributed by atoms with Gasteiger partial charge in [-0.25, -0.2) is 9.78 Å². The molecule has 0 amide bonds. The summed E-state index contributed by atoms with van der Waals surface area (Å²) in [4.78, 5) is 19.2. The fourth-order valence-corrected chi connectivity index (χ4v) is 3.09. The van der Waals surface area contributed by atoms with Gasteiger partial charge in [-0.05, 0) is 37.3 Å². The normalized spacial score (nSPS) is 13.3. The number of aromatic nitrogens is 1. The van der Waals surface area contributed by atoms with E-state index in [0.29, 0.717) is 18.7 Å². The number of benzene rings is 2. The van der Waals surface area contributed by atoms with Gasteiger partial charge in [0, 0.05) is 16.6 Å². The Kier molecular flexibility index (Phi) is 3.94. The zero-order valence-corrected chi connectivity index (χ0v) is 14.0. The number of anilines is 2. The first-order chi connectivity index (χ1) is 12.3. The molecular formula is C21H18N2O2. The van der Waals surface area contributed by atoms with E-state index in [1.54, 1.807) is 0 Å². The third-order valence-corrected chi connectivity index (χ3v) is 4.25. The number of ether oxygens (including phenoxy) is 1.